The van der Waals surface area contributed by atoms with Crippen LogP contribution in [0.25, 0.3) is 11.5 Å². The normalized spacial score (nSPS) is 10.1. The van der Waals surface area contributed by atoms with Gasteiger partial charge in [0.25, 0.3) is 0 Å². The van der Waals surface area contributed by atoms with Crippen LogP contribution in [-0.2, 0) is 0 Å². The van der Waals surface area contributed by atoms with Crippen LogP contribution in [0.5, 0.6) is 0 Å². The van der Waals surface area contributed by atoms with Crippen LogP contribution in [0, 0.1) is 6.92 Å². The quantitative estimate of drug-likeness (QED) is 0.639. The summed E-state index contributed by atoms with van der Waals surface area (Å²) in [6.45, 7) is 2.00. The fraction of sp³-hybridized carbons (Fsp3) is 0.100. The van der Waals surface area contributed by atoms with E-state index in [1.54, 1.807) is 12.5 Å². The minimum atomic E-state index is 0.827. The number of rotatable bonds is 1. The second kappa shape index (κ2) is 2.81. The molecule has 0 unspecified atom stereocenters. The molecule has 0 atom stereocenters. The molecule has 0 aliphatic rings. The molecule has 12 heavy (non-hydrogen) atoms. The van der Waals surface area contributed by atoms with Gasteiger partial charge in [0.2, 0.25) is 0 Å². The SMILES string of the molecule is Cc1coc(-c2ccccn2)c1. The van der Waals surface area contributed by atoms with Gasteiger partial charge in [-0.05, 0) is 30.7 Å². The predicted molar refractivity (Wildman–Crippen MR) is 46.7 cm³/mol. The lowest BCUT2D eigenvalue weighted by Gasteiger charge is -1.91. The molecule has 2 heteroatoms. The Morgan fingerprint density at radius 2 is 2.25 bits per heavy atom. The summed E-state index contributed by atoms with van der Waals surface area (Å²) in [4.78, 5) is 4.17. The number of aromatic nitrogens is 1. The molecule has 2 aromatic heterocycles. The Bertz CT molecular complexity index is 364. The maximum atomic E-state index is 5.29. The van der Waals surface area contributed by atoms with Crippen LogP contribution in [-0.4, -0.2) is 4.98 Å². The van der Waals surface area contributed by atoms with E-state index in [0.717, 1.165) is 17.0 Å². The monoisotopic (exact) mass is 159 g/mol. The van der Waals surface area contributed by atoms with Crippen molar-refractivity contribution in [3.8, 4) is 11.5 Å². The van der Waals surface area contributed by atoms with Gasteiger partial charge in [-0.25, -0.2) is 0 Å². The Morgan fingerprint density at radius 1 is 1.33 bits per heavy atom. The van der Waals surface area contributed by atoms with E-state index in [0.29, 0.717) is 0 Å². The molecule has 0 N–H and O–H groups in total. The second-order valence-corrected chi connectivity index (χ2v) is 2.70. The molecule has 0 fully saturated rings. The third-order valence-electron chi connectivity index (χ3n) is 1.65. The van der Waals surface area contributed by atoms with Gasteiger partial charge in [0.1, 0.15) is 5.69 Å². The first-order valence-corrected chi connectivity index (χ1v) is 3.83. The lowest BCUT2D eigenvalue weighted by atomic mass is 10.2. The molecule has 0 saturated carbocycles. The number of pyridine rings is 1. The van der Waals surface area contributed by atoms with Crippen molar-refractivity contribution < 1.29 is 4.42 Å². The van der Waals surface area contributed by atoms with Crippen LogP contribution in [0.2, 0.25) is 0 Å². The molecule has 0 aliphatic heterocycles. The van der Waals surface area contributed by atoms with Crippen LogP contribution in [0.3, 0.4) is 0 Å². The van der Waals surface area contributed by atoms with Crippen LogP contribution in [0.4, 0.5) is 0 Å². The van der Waals surface area contributed by atoms with Crippen LogP contribution in [0.15, 0.2) is 41.1 Å². The summed E-state index contributed by atoms with van der Waals surface area (Å²) in [6, 6.07) is 7.74. The molecule has 0 aliphatic carbocycles. The Balaban J connectivity index is 2.45. The zero-order chi connectivity index (χ0) is 8.39. The van der Waals surface area contributed by atoms with E-state index in [2.05, 4.69) is 4.98 Å². The maximum absolute atomic E-state index is 5.29. The van der Waals surface area contributed by atoms with Gasteiger partial charge in [-0.15, -0.1) is 0 Å². The molecule has 2 rings (SSSR count). The van der Waals surface area contributed by atoms with Crippen molar-refractivity contribution in [3.63, 3.8) is 0 Å². The summed E-state index contributed by atoms with van der Waals surface area (Å²) in [5.74, 6) is 0.827. The summed E-state index contributed by atoms with van der Waals surface area (Å²) >= 11 is 0. The molecule has 0 aromatic carbocycles. The summed E-state index contributed by atoms with van der Waals surface area (Å²) in [7, 11) is 0. The Kier molecular flexibility index (Phi) is 1.67. The van der Waals surface area contributed by atoms with Crippen molar-refractivity contribution in [2.75, 3.05) is 0 Å². The summed E-state index contributed by atoms with van der Waals surface area (Å²) < 4.78 is 5.29. The molecular weight excluding hydrogens is 150 g/mol. The maximum Gasteiger partial charge on any atom is 0.152 e. The summed E-state index contributed by atoms with van der Waals surface area (Å²) in [5.41, 5.74) is 2.00. The average molecular weight is 159 g/mol. The number of aryl methyl sites for hydroxylation is 1. The molecular formula is C10H9NO. The van der Waals surface area contributed by atoms with Crippen molar-refractivity contribution in [1.82, 2.24) is 4.98 Å². The second-order valence-electron chi connectivity index (χ2n) is 2.70. The fourth-order valence-corrected chi connectivity index (χ4v) is 1.07. The number of furan rings is 1. The molecule has 0 bridgehead atoms. The van der Waals surface area contributed by atoms with E-state index < -0.39 is 0 Å². The van der Waals surface area contributed by atoms with Gasteiger partial charge >= 0.3 is 0 Å². The highest BCUT2D eigenvalue weighted by atomic mass is 16.3. The molecule has 0 spiro atoms. The average Bonchev–Trinajstić information content (AvgIpc) is 2.54. The lowest BCUT2D eigenvalue weighted by molar-refractivity contribution is 0.578. The van der Waals surface area contributed by atoms with E-state index in [1.807, 2.05) is 31.2 Å². The largest absolute Gasteiger partial charge is 0.462 e. The first-order valence-electron chi connectivity index (χ1n) is 3.83. The Labute approximate surface area is 70.9 Å². The third kappa shape index (κ3) is 1.23. The first-order chi connectivity index (χ1) is 5.86. The van der Waals surface area contributed by atoms with Crippen LogP contribution < -0.4 is 0 Å². The lowest BCUT2D eigenvalue weighted by Crippen LogP contribution is -1.76. The van der Waals surface area contributed by atoms with Crippen molar-refractivity contribution in [3.05, 3.63) is 42.3 Å². The van der Waals surface area contributed by atoms with E-state index in [-0.39, 0.29) is 0 Å². The fourth-order valence-electron chi connectivity index (χ4n) is 1.07. The molecule has 0 radical (unpaired) electrons. The Morgan fingerprint density at radius 3 is 2.83 bits per heavy atom. The predicted octanol–water partition coefficient (Wildman–Crippen LogP) is 2.65. The third-order valence-corrected chi connectivity index (χ3v) is 1.65. The number of hydrogen-bond donors (Lipinski definition) is 0. The smallest absolute Gasteiger partial charge is 0.152 e. The van der Waals surface area contributed by atoms with Crippen molar-refractivity contribution in [2.45, 2.75) is 6.92 Å². The van der Waals surface area contributed by atoms with E-state index >= 15 is 0 Å². The summed E-state index contributed by atoms with van der Waals surface area (Å²) in [6.07, 6.45) is 3.48. The van der Waals surface area contributed by atoms with Gasteiger partial charge in [-0.3, -0.25) is 4.98 Å². The number of hydrogen-bond acceptors (Lipinski definition) is 2. The Hall–Kier alpha value is -1.57. The van der Waals surface area contributed by atoms with Gasteiger partial charge in [-0.1, -0.05) is 6.07 Å². The summed E-state index contributed by atoms with van der Waals surface area (Å²) in [5, 5.41) is 0. The van der Waals surface area contributed by atoms with E-state index in [1.165, 1.54) is 0 Å². The molecule has 2 aromatic rings. The van der Waals surface area contributed by atoms with Crippen molar-refractivity contribution >= 4 is 0 Å². The van der Waals surface area contributed by atoms with Gasteiger partial charge in [0.15, 0.2) is 5.76 Å². The molecule has 0 saturated heterocycles. The highest BCUT2D eigenvalue weighted by Gasteiger charge is 2.01. The first kappa shape index (κ1) is 7.10. The van der Waals surface area contributed by atoms with Crippen LogP contribution in [0.1, 0.15) is 5.56 Å². The minimum Gasteiger partial charge on any atom is -0.462 e. The van der Waals surface area contributed by atoms with E-state index in [9.17, 15) is 0 Å². The zero-order valence-corrected chi connectivity index (χ0v) is 6.82. The standard InChI is InChI=1S/C10H9NO/c1-8-6-10(12-7-8)9-4-2-3-5-11-9/h2-7H,1H3. The molecule has 2 nitrogen and oxygen atoms in total. The topological polar surface area (TPSA) is 26.0 Å². The van der Waals surface area contributed by atoms with E-state index in [4.69, 9.17) is 4.42 Å². The van der Waals surface area contributed by atoms with Crippen molar-refractivity contribution in [1.29, 1.82) is 0 Å². The molecule has 2 heterocycles. The zero-order valence-electron chi connectivity index (χ0n) is 6.82. The molecule has 60 valence electrons. The van der Waals surface area contributed by atoms with Gasteiger partial charge in [0.05, 0.1) is 6.26 Å². The highest BCUT2D eigenvalue weighted by molar-refractivity contribution is 5.52. The molecule has 0 amide bonds. The van der Waals surface area contributed by atoms with Gasteiger partial charge in [0, 0.05) is 6.20 Å². The van der Waals surface area contributed by atoms with Gasteiger partial charge in [-0.2, -0.15) is 0 Å². The van der Waals surface area contributed by atoms with Crippen LogP contribution >= 0.6 is 0 Å². The van der Waals surface area contributed by atoms with Crippen molar-refractivity contribution in [2.24, 2.45) is 0 Å². The number of nitrogens with zero attached hydrogens (tertiary/aromatic N) is 1. The highest BCUT2D eigenvalue weighted by Crippen LogP contribution is 2.18. The van der Waals surface area contributed by atoms with Gasteiger partial charge < -0.3 is 4.42 Å². The minimum absolute atomic E-state index is 0.827.